The molecule has 4 heterocycles. The Hall–Kier alpha value is -2.78. The molecule has 2 saturated heterocycles. The zero-order valence-corrected chi connectivity index (χ0v) is 17.3. The first kappa shape index (κ1) is 19.2. The first-order valence-electron chi connectivity index (χ1n) is 10.6. The minimum absolute atomic E-state index is 0.101. The highest BCUT2D eigenvalue weighted by molar-refractivity contribution is 5.82. The molecule has 2 aliphatic heterocycles. The summed E-state index contributed by atoms with van der Waals surface area (Å²) < 4.78 is 0. The number of carbonyl (C=O) groups is 1. The molecule has 2 aromatic heterocycles. The van der Waals surface area contributed by atoms with Gasteiger partial charge in [0.25, 0.3) is 0 Å². The van der Waals surface area contributed by atoms with Crippen LogP contribution in [0.5, 0.6) is 0 Å². The van der Waals surface area contributed by atoms with Gasteiger partial charge in [-0.15, -0.1) is 0 Å². The molecule has 0 bridgehead atoms. The third-order valence-corrected chi connectivity index (χ3v) is 6.20. The van der Waals surface area contributed by atoms with E-state index >= 15 is 0 Å². The van der Waals surface area contributed by atoms with Gasteiger partial charge in [-0.1, -0.05) is 6.07 Å². The normalized spacial score (nSPS) is 21.2. The van der Waals surface area contributed by atoms with Gasteiger partial charge in [0, 0.05) is 64.2 Å². The Balaban J connectivity index is 1.20. The molecular weight excluding hydrogens is 380 g/mol. The molecule has 30 heavy (non-hydrogen) atoms. The van der Waals surface area contributed by atoms with Crippen molar-refractivity contribution >= 4 is 23.5 Å². The summed E-state index contributed by atoms with van der Waals surface area (Å²) in [7, 11) is 1.83. The standard InChI is InChI=1S/C21H28N8O/c1-27-10-11-29(14-19(27)30)18-4-7-22-20(26-18)25-17-3-2-16(12-23-17)13-28-9-8-24-21(15-28)5-6-21/h2-4,7,12,24H,5-6,8-11,13-15H2,1H3,(H,22,23,25,26). The molecule has 0 radical (unpaired) electrons. The molecule has 9 heteroatoms. The van der Waals surface area contributed by atoms with Crippen LogP contribution in [-0.4, -0.2) is 82.5 Å². The number of anilines is 3. The van der Waals surface area contributed by atoms with Crippen molar-refractivity contribution in [3.8, 4) is 0 Å². The number of carbonyl (C=O) groups excluding carboxylic acids is 1. The van der Waals surface area contributed by atoms with E-state index in [9.17, 15) is 4.79 Å². The van der Waals surface area contributed by atoms with Crippen LogP contribution >= 0.6 is 0 Å². The number of pyridine rings is 1. The Labute approximate surface area is 176 Å². The zero-order valence-electron chi connectivity index (χ0n) is 17.3. The minimum Gasteiger partial charge on any atom is -0.345 e. The Bertz CT molecular complexity index is 913. The predicted octanol–water partition coefficient (Wildman–Crippen LogP) is 0.831. The van der Waals surface area contributed by atoms with Crippen LogP contribution in [-0.2, 0) is 11.3 Å². The van der Waals surface area contributed by atoms with E-state index in [1.54, 1.807) is 11.1 Å². The van der Waals surface area contributed by atoms with Crippen molar-refractivity contribution in [3.63, 3.8) is 0 Å². The van der Waals surface area contributed by atoms with Crippen LogP contribution in [0.2, 0.25) is 0 Å². The van der Waals surface area contributed by atoms with Crippen LogP contribution in [0.3, 0.4) is 0 Å². The van der Waals surface area contributed by atoms with Gasteiger partial charge in [-0.3, -0.25) is 9.69 Å². The Kier molecular flexibility index (Phi) is 5.00. The second-order valence-electron chi connectivity index (χ2n) is 8.57. The third kappa shape index (κ3) is 4.22. The third-order valence-electron chi connectivity index (χ3n) is 6.20. The molecular formula is C21H28N8O. The van der Waals surface area contributed by atoms with Crippen molar-refractivity contribution in [2.24, 2.45) is 0 Å². The van der Waals surface area contributed by atoms with Crippen LogP contribution in [0.25, 0.3) is 0 Å². The highest BCUT2D eigenvalue weighted by atomic mass is 16.2. The molecule has 5 rings (SSSR count). The molecule has 0 atom stereocenters. The number of rotatable bonds is 5. The van der Waals surface area contributed by atoms with E-state index in [0.29, 0.717) is 30.4 Å². The van der Waals surface area contributed by atoms with E-state index in [1.807, 2.05) is 30.3 Å². The lowest BCUT2D eigenvalue weighted by Gasteiger charge is -2.33. The number of nitrogens with zero attached hydrogens (tertiary/aromatic N) is 6. The lowest BCUT2D eigenvalue weighted by Crippen LogP contribution is -2.51. The number of hydrogen-bond donors (Lipinski definition) is 2. The van der Waals surface area contributed by atoms with Crippen LogP contribution in [0.1, 0.15) is 18.4 Å². The Morgan fingerprint density at radius 2 is 2.07 bits per heavy atom. The average molecular weight is 409 g/mol. The van der Waals surface area contributed by atoms with Crippen molar-refractivity contribution in [2.45, 2.75) is 24.9 Å². The molecule has 2 N–H and O–H groups in total. The summed E-state index contributed by atoms with van der Waals surface area (Å²) in [6.07, 6.45) is 6.23. The van der Waals surface area contributed by atoms with Gasteiger partial charge in [0.05, 0.1) is 6.54 Å². The van der Waals surface area contributed by atoms with E-state index in [0.717, 1.165) is 38.5 Å². The average Bonchev–Trinajstić information content (AvgIpc) is 3.50. The van der Waals surface area contributed by atoms with E-state index < -0.39 is 0 Å². The number of likely N-dealkylation sites (N-methyl/N-ethyl adjacent to an activating group) is 1. The van der Waals surface area contributed by atoms with E-state index in [4.69, 9.17) is 0 Å². The fraction of sp³-hybridized carbons (Fsp3) is 0.524. The van der Waals surface area contributed by atoms with Gasteiger partial charge >= 0.3 is 0 Å². The summed E-state index contributed by atoms with van der Waals surface area (Å²) in [6, 6.07) is 5.92. The fourth-order valence-corrected chi connectivity index (χ4v) is 4.17. The van der Waals surface area contributed by atoms with E-state index in [2.05, 4.69) is 36.6 Å². The van der Waals surface area contributed by atoms with Crippen molar-refractivity contribution < 1.29 is 4.79 Å². The topological polar surface area (TPSA) is 89.5 Å². The maximum Gasteiger partial charge on any atom is 0.241 e. The minimum atomic E-state index is 0.101. The van der Waals surface area contributed by atoms with Gasteiger partial charge in [-0.05, 0) is 30.5 Å². The van der Waals surface area contributed by atoms with Gasteiger partial charge in [-0.2, -0.15) is 4.98 Å². The van der Waals surface area contributed by atoms with Gasteiger partial charge in [0.2, 0.25) is 11.9 Å². The van der Waals surface area contributed by atoms with E-state index in [1.165, 1.54) is 18.4 Å². The second kappa shape index (κ2) is 7.81. The first-order valence-corrected chi connectivity index (χ1v) is 10.6. The van der Waals surface area contributed by atoms with Crippen LogP contribution < -0.4 is 15.5 Å². The molecule has 3 fully saturated rings. The maximum atomic E-state index is 12.0. The van der Waals surface area contributed by atoms with Gasteiger partial charge in [-0.25, -0.2) is 9.97 Å². The van der Waals surface area contributed by atoms with Crippen molar-refractivity contribution in [2.75, 3.05) is 56.5 Å². The second-order valence-corrected chi connectivity index (χ2v) is 8.57. The molecule has 1 spiro atoms. The monoisotopic (exact) mass is 408 g/mol. The van der Waals surface area contributed by atoms with Gasteiger partial charge in [0.15, 0.2) is 0 Å². The smallest absolute Gasteiger partial charge is 0.241 e. The number of aromatic nitrogens is 3. The molecule has 0 unspecified atom stereocenters. The molecule has 1 aliphatic carbocycles. The predicted molar refractivity (Wildman–Crippen MR) is 115 cm³/mol. The fourth-order valence-electron chi connectivity index (χ4n) is 4.17. The van der Waals surface area contributed by atoms with Crippen molar-refractivity contribution in [1.29, 1.82) is 0 Å². The molecule has 9 nitrogen and oxygen atoms in total. The number of hydrogen-bond acceptors (Lipinski definition) is 8. The summed E-state index contributed by atoms with van der Waals surface area (Å²) in [5.74, 6) is 2.04. The summed E-state index contributed by atoms with van der Waals surface area (Å²) in [5.41, 5.74) is 1.60. The lowest BCUT2D eigenvalue weighted by atomic mass is 10.1. The summed E-state index contributed by atoms with van der Waals surface area (Å²) >= 11 is 0. The molecule has 1 amide bonds. The zero-order chi connectivity index (χ0) is 20.6. The molecule has 1 saturated carbocycles. The first-order chi connectivity index (χ1) is 14.6. The SMILES string of the molecule is CN1CCN(c2ccnc(Nc3ccc(CN4CCNC5(CC5)C4)cn3)n2)CC1=O. The highest BCUT2D eigenvalue weighted by Crippen LogP contribution is 2.37. The molecule has 0 aromatic carbocycles. The lowest BCUT2D eigenvalue weighted by molar-refractivity contribution is -0.129. The Morgan fingerprint density at radius 1 is 1.17 bits per heavy atom. The summed E-state index contributed by atoms with van der Waals surface area (Å²) in [6.45, 7) is 6.01. The quantitative estimate of drug-likeness (QED) is 0.752. The molecule has 2 aromatic rings. The summed E-state index contributed by atoms with van der Waals surface area (Å²) in [4.78, 5) is 31.6. The van der Waals surface area contributed by atoms with Crippen LogP contribution in [0.15, 0.2) is 30.6 Å². The van der Waals surface area contributed by atoms with Crippen LogP contribution in [0, 0.1) is 0 Å². The molecule has 3 aliphatic rings. The van der Waals surface area contributed by atoms with E-state index in [-0.39, 0.29) is 5.91 Å². The number of amides is 1. The van der Waals surface area contributed by atoms with Crippen molar-refractivity contribution in [3.05, 3.63) is 36.2 Å². The number of piperazine rings is 2. The Morgan fingerprint density at radius 3 is 2.83 bits per heavy atom. The largest absolute Gasteiger partial charge is 0.345 e. The van der Waals surface area contributed by atoms with Crippen molar-refractivity contribution in [1.82, 2.24) is 30.1 Å². The number of nitrogens with one attached hydrogen (secondary N) is 2. The van der Waals surface area contributed by atoms with Gasteiger partial charge in [0.1, 0.15) is 11.6 Å². The highest BCUT2D eigenvalue weighted by Gasteiger charge is 2.45. The summed E-state index contributed by atoms with van der Waals surface area (Å²) in [5, 5.41) is 6.83. The van der Waals surface area contributed by atoms with Crippen LogP contribution in [0.4, 0.5) is 17.6 Å². The maximum absolute atomic E-state index is 12.0. The van der Waals surface area contributed by atoms with Gasteiger partial charge < -0.3 is 20.4 Å². The molecule has 158 valence electrons.